The van der Waals surface area contributed by atoms with Crippen LogP contribution in [0.4, 0.5) is 19.0 Å². The van der Waals surface area contributed by atoms with Gasteiger partial charge in [-0.05, 0) is 43.5 Å². The largest absolute Gasteiger partial charge is 0.488 e. The van der Waals surface area contributed by atoms with Gasteiger partial charge in [0.25, 0.3) is 5.92 Å². The lowest BCUT2D eigenvalue weighted by Crippen LogP contribution is -2.43. The number of ether oxygens (including phenoxy) is 1. The van der Waals surface area contributed by atoms with Gasteiger partial charge in [0.1, 0.15) is 18.0 Å². The minimum atomic E-state index is -2.67. The van der Waals surface area contributed by atoms with Crippen LogP contribution < -0.4 is 10.1 Å². The van der Waals surface area contributed by atoms with Crippen LogP contribution in [-0.2, 0) is 24.2 Å². The van der Waals surface area contributed by atoms with Crippen LogP contribution in [0.15, 0.2) is 36.8 Å². The number of carbonyl (C=O) groups is 1. The van der Waals surface area contributed by atoms with E-state index in [9.17, 15) is 18.0 Å². The van der Waals surface area contributed by atoms with Gasteiger partial charge in [0.15, 0.2) is 5.82 Å². The molecule has 0 radical (unpaired) electrons. The number of anilines is 1. The number of aromatic nitrogens is 6. The number of pyridine rings is 1. The Bertz CT molecular complexity index is 1120. The number of hydrogen-bond acceptors (Lipinski definition) is 7. The normalized spacial score (nSPS) is 16.0. The fourth-order valence-electron chi connectivity index (χ4n) is 3.52. The number of carbonyl (C=O) groups excluding carboxylic acids is 1. The summed E-state index contributed by atoms with van der Waals surface area (Å²) in [5.74, 6) is -2.40. The molecule has 4 rings (SSSR count). The van der Waals surface area contributed by atoms with Crippen molar-refractivity contribution in [1.82, 2.24) is 30.2 Å². The summed E-state index contributed by atoms with van der Waals surface area (Å²) in [6.45, 7) is 1.91. The van der Waals surface area contributed by atoms with Crippen LogP contribution in [0.25, 0.3) is 0 Å². The van der Waals surface area contributed by atoms with Crippen molar-refractivity contribution in [2.45, 2.75) is 63.8 Å². The summed E-state index contributed by atoms with van der Waals surface area (Å²) in [6, 6.07) is 4.88. The van der Waals surface area contributed by atoms with Crippen LogP contribution in [0.3, 0.4) is 0 Å². The van der Waals surface area contributed by atoms with Gasteiger partial charge in [-0.15, -0.1) is 10.2 Å². The molecule has 0 bridgehead atoms. The first-order valence-electron chi connectivity index (χ1n) is 10.9. The standard InChI is InChI=1S/C22H24F3N7O2/c1-14-12-32(31-28-14)13-16(23)2-3-17-4-5-20(30-29-17)27-21(33)7-15-6-18(11-26-10-15)34-19-8-22(24,25)9-19/h4-6,10-12,16,19H,2-3,7-9,13H2,1H3,(H,27,30,33). The predicted molar refractivity (Wildman–Crippen MR) is 115 cm³/mol. The minimum absolute atomic E-state index is 0.000249. The van der Waals surface area contributed by atoms with Crippen molar-refractivity contribution in [3.05, 3.63) is 53.7 Å². The van der Waals surface area contributed by atoms with E-state index < -0.39 is 18.2 Å². The highest BCUT2D eigenvalue weighted by Gasteiger charge is 2.47. The maximum absolute atomic E-state index is 14.2. The number of halogens is 3. The molecule has 0 saturated heterocycles. The lowest BCUT2D eigenvalue weighted by molar-refractivity contribution is -0.134. The molecular formula is C22H24F3N7O2. The monoisotopic (exact) mass is 475 g/mol. The molecular weight excluding hydrogens is 451 g/mol. The Kier molecular flexibility index (Phi) is 7.03. The van der Waals surface area contributed by atoms with Crippen molar-refractivity contribution in [2.24, 2.45) is 0 Å². The zero-order valence-electron chi connectivity index (χ0n) is 18.5. The highest BCUT2D eigenvalue weighted by atomic mass is 19.3. The molecule has 1 saturated carbocycles. The van der Waals surface area contributed by atoms with E-state index in [-0.39, 0.29) is 44.0 Å². The van der Waals surface area contributed by atoms with Crippen LogP contribution in [0.5, 0.6) is 5.75 Å². The van der Waals surface area contributed by atoms with Gasteiger partial charge < -0.3 is 10.1 Å². The molecule has 180 valence electrons. The Morgan fingerprint density at radius 2 is 2.09 bits per heavy atom. The molecule has 1 fully saturated rings. The summed E-state index contributed by atoms with van der Waals surface area (Å²) in [6.07, 6.45) is 2.97. The molecule has 3 heterocycles. The SMILES string of the molecule is Cc1cn(CC(F)CCc2ccc(NC(=O)Cc3cncc(OC4CC(F)(F)C4)c3)nn2)nn1. The van der Waals surface area contributed by atoms with Crippen molar-refractivity contribution < 1.29 is 22.7 Å². The number of alkyl halides is 3. The van der Waals surface area contributed by atoms with Crippen LogP contribution in [0.2, 0.25) is 0 Å². The van der Waals surface area contributed by atoms with Crippen molar-refractivity contribution in [3.8, 4) is 5.75 Å². The molecule has 0 aliphatic heterocycles. The number of amides is 1. The zero-order chi connectivity index (χ0) is 24.1. The molecule has 0 spiro atoms. The molecule has 1 aliphatic rings. The van der Waals surface area contributed by atoms with E-state index in [0.29, 0.717) is 23.4 Å². The smallest absolute Gasteiger partial charge is 0.255 e. The summed E-state index contributed by atoms with van der Waals surface area (Å²) >= 11 is 0. The third kappa shape index (κ3) is 6.72. The third-order valence-corrected chi connectivity index (χ3v) is 5.23. The quantitative estimate of drug-likeness (QED) is 0.480. The van der Waals surface area contributed by atoms with E-state index in [0.717, 1.165) is 5.69 Å². The minimum Gasteiger partial charge on any atom is -0.488 e. The summed E-state index contributed by atoms with van der Waals surface area (Å²) in [5.41, 5.74) is 1.90. The molecule has 3 aromatic heterocycles. The highest BCUT2D eigenvalue weighted by Crippen LogP contribution is 2.39. The van der Waals surface area contributed by atoms with E-state index in [4.69, 9.17) is 4.74 Å². The van der Waals surface area contributed by atoms with Gasteiger partial charge in [-0.25, -0.2) is 17.9 Å². The van der Waals surface area contributed by atoms with Crippen LogP contribution >= 0.6 is 0 Å². The Balaban J connectivity index is 1.22. The molecule has 1 aliphatic carbocycles. The summed E-state index contributed by atoms with van der Waals surface area (Å²) in [4.78, 5) is 16.3. The molecule has 3 aromatic rings. The van der Waals surface area contributed by atoms with Gasteiger partial charge in [-0.1, -0.05) is 5.21 Å². The van der Waals surface area contributed by atoms with Crippen LogP contribution in [0.1, 0.15) is 36.2 Å². The fourth-order valence-corrected chi connectivity index (χ4v) is 3.52. The lowest BCUT2D eigenvalue weighted by atomic mass is 9.91. The van der Waals surface area contributed by atoms with E-state index in [1.165, 1.54) is 17.1 Å². The van der Waals surface area contributed by atoms with E-state index in [2.05, 4.69) is 30.8 Å². The second kappa shape index (κ2) is 10.1. The fraction of sp³-hybridized carbons (Fsp3) is 0.455. The first-order chi connectivity index (χ1) is 16.2. The Morgan fingerprint density at radius 1 is 1.26 bits per heavy atom. The number of rotatable bonds is 10. The molecule has 12 heteroatoms. The molecule has 0 aromatic carbocycles. The maximum Gasteiger partial charge on any atom is 0.255 e. The number of nitrogens with one attached hydrogen (secondary N) is 1. The van der Waals surface area contributed by atoms with Crippen molar-refractivity contribution in [3.63, 3.8) is 0 Å². The van der Waals surface area contributed by atoms with E-state index in [1.54, 1.807) is 31.3 Å². The first-order valence-corrected chi connectivity index (χ1v) is 10.9. The number of hydrogen-bond donors (Lipinski definition) is 1. The summed E-state index contributed by atoms with van der Waals surface area (Å²) in [5, 5.41) is 18.3. The van der Waals surface area contributed by atoms with Crippen molar-refractivity contribution in [1.29, 1.82) is 0 Å². The second-order valence-corrected chi connectivity index (χ2v) is 8.39. The zero-order valence-corrected chi connectivity index (χ0v) is 18.5. The van der Waals surface area contributed by atoms with Gasteiger partial charge in [0, 0.05) is 25.2 Å². The second-order valence-electron chi connectivity index (χ2n) is 8.39. The van der Waals surface area contributed by atoms with Gasteiger partial charge in [-0.3, -0.25) is 9.78 Å². The van der Waals surface area contributed by atoms with Gasteiger partial charge in [0.2, 0.25) is 5.91 Å². The third-order valence-electron chi connectivity index (χ3n) is 5.23. The van der Waals surface area contributed by atoms with Crippen LogP contribution in [-0.4, -0.2) is 54.3 Å². The van der Waals surface area contributed by atoms with Crippen molar-refractivity contribution in [2.75, 3.05) is 5.32 Å². The summed E-state index contributed by atoms with van der Waals surface area (Å²) in [7, 11) is 0. The first kappa shape index (κ1) is 23.6. The molecule has 1 amide bonds. The van der Waals surface area contributed by atoms with Gasteiger partial charge in [0.05, 0.1) is 30.6 Å². The Morgan fingerprint density at radius 3 is 2.76 bits per heavy atom. The van der Waals surface area contributed by atoms with Crippen LogP contribution in [0, 0.1) is 6.92 Å². The molecule has 34 heavy (non-hydrogen) atoms. The molecule has 1 N–H and O–H groups in total. The number of aryl methyl sites for hydroxylation is 2. The van der Waals surface area contributed by atoms with E-state index in [1.807, 2.05) is 0 Å². The Labute approximate surface area is 193 Å². The van der Waals surface area contributed by atoms with Gasteiger partial charge in [-0.2, -0.15) is 5.10 Å². The average molecular weight is 475 g/mol. The van der Waals surface area contributed by atoms with Crippen molar-refractivity contribution >= 4 is 11.7 Å². The van der Waals surface area contributed by atoms with E-state index >= 15 is 0 Å². The molecule has 1 unspecified atom stereocenters. The lowest BCUT2D eigenvalue weighted by Gasteiger charge is -2.34. The number of nitrogens with zero attached hydrogens (tertiary/aromatic N) is 6. The summed E-state index contributed by atoms with van der Waals surface area (Å²) < 4.78 is 47.0. The topological polar surface area (TPSA) is 108 Å². The highest BCUT2D eigenvalue weighted by molar-refractivity contribution is 5.91. The molecule has 9 nitrogen and oxygen atoms in total. The maximum atomic E-state index is 14.2. The molecule has 1 atom stereocenters. The van der Waals surface area contributed by atoms with Gasteiger partial charge >= 0.3 is 0 Å². The average Bonchev–Trinajstić information content (AvgIpc) is 3.16. The Hall–Kier alpha value is -3.57. The predicted octanol–water partition coefficient (Wildman–Crippen LogP) is 3.10.